The van der Waals surface area contributed by atoms with Gasteiger partial charge in [0.2, 0.25) is 5.91 Å². The molecule has 1 aromatic rings. The first-order valence-electron chi connectivity index (χ1n) is 6.03. The summed E-state index contributed by atoms with van der Waals surface area (Å²) in [5.41, 5.74) is 0.457. The van der Waals surface area contributed by atoms with Gasteiger partial charge in [0.15, 0.2) is 0 Å². The van der Waals surface area contributed by atoms with Crippen LogP contribution in [0.4, 0.5) is 5.69 Å². The van der Waals surface area contributed by atoms with Crippen molar-refractivity contribution in [3.05, 3.63) is 27.2 Å². The van der Waals surface area contributed by atoms with Crippen LogP contribution in [0.15, 0.2) is 12.1 Å². The molecule has 1 saturated carbocycles. The van der Waals surface area contributed by atoms with Crippen molar-refractivity contribution in [1.82, 2.24) is 0 Å². The third-order valence-corrected chi connectivity index (χ3v) is 4.05. The highest BCUT2D eigenvalue weighted by Crippen LogP contribution is 2.34. The standard InChI is InChI=1S/C13H14Cl3NO/c14-9-6-10(15)12(11(16)7-9)17-13(18)8-4-2-1-3-5-8/h6-8H,1-5H2,(H,17,18). The number of hydrogen-bond donors (Lipinski definition) is 1. The van der Waals surface area contributed by atoms with Crippen molar-refractivity contribution in [2.45, 2.75) is 32.1 Å². The van der Waals surface area contributed by atoms with Crippen LogP contribution < -0.4 is 5.32 Å². The van der Waals surface area contributed by atoms with Crippen molar-refractivity contribution in [3.63, 3.8) is 0 Å². The van der Waals surface area contributed by atoms with Crippen molar-refractivity contribution in [2.24, 2.45) is 5.92 Å². The minimum absolute atomic E-state index is 0.000762. The number of carbonyl (C=O) groups is 1. The van der Waals surface area contributed by atoms with Gasteiger partial charge in [-0.1, -0.05) is 54.1 Å². The average Bonchev–Trinajstić information content (AvgIpc) is 2.34. The molecular formula is C13H14Cl3NO. The van der Waals surface area contributed by atoms with E-state index in [2.05, 4.69) is 5.32 Å². The first kappa shape index (κ1) is 14.0. The van der Waals surface area contributed by atoms with Gasteiger partial charge in [-0.3, -0.25) is 4.79 Å². The van der Waals surface area contributed by atoms with Crippen molar-refractivity contribution in [1.29, 1.82) is 0 Å². The molecule has 1 aliphatic carbocycles. The largest absolute Gasteiger partial charge is 0.323 e. The maximum absolute atomic E-state index is 12.1. The highest BCUT2D eigenvalue weighted by atomic mass is 35.5. The van der Waals surface area contributed by atoms with Crippen LogP contribution in [-0.2, 0) is 4.79 Å². The second-order valence-corrected chi connectivity index (χ2v) is 5.82. The number of anilines is 1. The Morgan fingerprint density at radius 2 is 1.61 bits per heavy atom. The molecule has 2 nitrogen and oxygen atoms in total. The predicted octanol–water partition coefficient (Wildman–Crippen LogP) is 5.17. The highest BCUT2D eigenvalue weighted by Gasteiger charge is 2.22. The third kappa shape index (κ3) is 3.31. The Bertz CT molecular complexity index is 433. The molecule has 0 radical (unpaired) electrons. The van der Waals surface area contributed by atoms with Gasteiger partial charge in [-0.15, -0.1) is 0 Å². The summed E-state index contributed by atoms with van der Waals surface area (Å²) in [6.07, 6.45) is 5.32. The summed E-state index contributed by atoms with van der Waals surface area (Å²) in [5.74, 6) is 0.0717. The van der Waals surface area contributed by atoms with Crippen LogP contribution in [0.2, 0.25) is 15.1 Å². The van der Waals surface area contributed by atoms with Crippen LogP contribution in [0.3, 0.4) is 0 Å². The quantitative estimate of drug-likeness (QED) is 0.803. The predicted molar refractivity (Wildman–Crippen MR) is 76.7 cm³/mol. The Morgan fingerprint density at radius 1 is 1.06 bits per heavy atom. The number of hydrogen-bond acceptors (Lipinski definition) is 1. The molecular weight excluding hydrogens is 293 g/mol. The molecule has 0 unspecified atom stereocenters. The van der Waals surface area contributed by atoms with Crippen LogP contribution in [0.1, 0.15) is 32.1 Å². The van der Waals surface area contributed by atoms with E-state index < -0.39 is 0 Å². The fourth-order valence-electron chi connectivity index (χ4n) is 2.25. The van der Waals surface area contributed by atoms with Crippen molar-refractivity contribution >= 4 is 46.4 Å². The van der Waals surface area contributed by atoms with Gasteiger partial charge < -0.3 is 5.32 Å². The molecule has 1 aliphatic rings. The summed E-state index contributed by atoms with van der Waals surface area (Å²) < 4.78 is 0. The van der Waals surface area contributed by atoms with Crippen molar-refractivity contribution in [2.75, 3.05) is 5.32 Å². The lowest BCUT2D eigenvalue weighted by atomic mass is 9.88. The summed E-state index contributed by atoms with van der Waals surface area (Å²) in [7, 11) is 0. The number of nitrogens with one attached hydrogen (secondary N) is 1. The van der Waals surface area contributed by atoms with Gasteiger partial charge in [-0.2, -0.15) is 0 Å². The molecule has 5 heteroatoms. The van der Waals surface area contributed by atoms with Crippen molar-refractivity contribution in [3.8, 4) is 0 Å². The van der Waals surface area contributed by atoms with E-state index in [4.69, 9.17) is 34.8 Å². The maximum atomic E-state index is 12.1. The molecule has 1 fully saturated rings. The first-order chi connectivity index (χ1) is 8.58. The highest BCUT2D eigenvalue weighted by molar-refractivity contribution is 6.42. The van der Waals surface area contributed by atoms with E-state index in [1.807, 2.05) is 0 Å². The van der Waals surface area contributed by atoms with Gasteiger partial charge in [-0.25, -0.2) is 0 Å². The lowest BCUT2D eigenvalue weighted by Crippen LogP contribution is -2.25. The number of amides is 1. The number of halogens is 3. The molecule has 0 heterocycles. The smallest absolute Gasteiger partial charge is 0.227 e. The molecule has 98 valence electrons. The molecule has 18 heavy (non-hydrogen) atoms. The van der Waals surface area contributed by atoms with E-state index in [1.54, 1.807) is 12.1 Å². The van der Waals surface area contributed by atoms with Gasteiger partial charge in [-0.05, 0) is 25.0 Å². The zero-order chi connectivity index (χ0) is 13.1. The summed E-state index contributed by atoms with van der Waals surface area (Å²) in [6, 6.07) is 3.15. The van der Waals surface area contributed by atoms with Crippen LogP contribution in [0.5, 0.6) is 0 Å². The summed E-state index contributed by atoms with van der Waals surface area (Å²) in [5, 5.41) is 4.02. The molecule has 0 saturated heterocycles. The van der Waals surface area contributed by atoms with Crippen LogP contribution in [-0.4, -0.2) is 5.91 Å². The molecule has 0 spiro atoms. The Kier molecular flexibility index (Phi) is 4.77. The summed E-state index contributed by atoms with van der Waals surface area (Å²) in [4.78, 5) is 12.1. The molecule has 1 amide bonds. The molecule has 1 aromatic carbocycles. The Labute approximate surface area is 122 Å². The number of benzene rings is 1. The minimum Gasteiger partial charge on any atom is -0.323 e. The molecule has 0 aliphatic heterocycles. The van der Waals surface area contributed by atoms with Crippen LogP contribution >= 0.6 is 34.8 Å². The minimum atomic E-state index is 0.000762. The molecule has 2 rings (SSSR count). The second kappa shape index (κ2) is 6.14. The molecule has 0 bridgehead atoms. The molecule has 1 N–H and O–H groups in total. The van der Waals surface area contributed by atoms with E-state index in [0.717, 1.165) is 25.7 Å². The Balaban J connectivity index is 2.11. The molecule has 0 aromatic heterocycles. The Hall–Kier alpha value is -0.440. The van der Waals surface area contributed by atoms with E-state index >= 15 is 0 Å². The van der Waals surface area contributed by atoms with Gasteiger partial charge in [0.1, 0.15) is 0 Å². The molecule has 0 atom stereocenters. The monoisotopic (exact) mass is 305 g/mol. The maximum Gasteiger partial charge on any atom is 0.227 e. The van der Waals surface area contributed by atoms with E-state index in [1.165, 1.54) is 6.42 Å². The van der Waals surface area contributed by atoms with E-state index in [-0.39, 0.29) is 11.8 Å². The Morgan fingerprint density at radius 3 is 2.17 bits per heavy atom. The zero-order valence-corrected chi connectivity index (χ0v) is 12.1. The lowest BCUT2D eigenvalue weighted by Gasteiger charge is -2.21. The third-order valence-electron chi connectivity index (χ3n) is 3.23. The topological polar surface area (TPSA) is 29.1 Å². The van der Waals surface area contributed by atoms with Crippen LogP contribution in [0.25, 0.3) is 0 Å². The van der Waals surface area contributed by atoms with Gasteiger partial charge in [0.05, 0.1) is 15.7 Å². The van der Waals surface area contributed by atoms with Gasteiger partial charge in [0.25, 0.3) is 0 Å². The number of carbonyl (C=O) groups excluding carboxylic acids is 1. The van der Waals surface area contributed by atoms with E-state index in [0.29, 0.717) is 20.8 Å². The second-order valence-electron chi connectivity index (χ2n) is 4.57. The normalized spacial score (nSPS) is 16.6. The fraction of sp³-hybridized carbons (Fsp3) is 0.462. The number of rotatable bonds is 2. The average molecular weight is 307 g/mol. The summed E-state index contributed by atoms with van der Waals surface area (Å²) >= 11 is 17.9. The summed E-state index contributed by atoms with van der Waals surface area (Å²) in [6.45, 7) is 0. The van der Waals surface area contributed by atoms with E-state index in [9.17, 15) is 4.79 Å². The lowest BCUT2D eigenvalue weighted by molar-refractivity contribution is -0.120. The van der Waals surface area contributed by atoms with Gasteiger partial charge >= 0.3 is 0 Å². The zero-order valence-electron chi connectivity index (χ0n) is 9.81. The van der Waals surface area contributed by atoms with Crippen LogP contribution in [0, 0.1) is 5.92 Å². The SMILES string of the molecule is O=C(Nc1c(Cl)cc(Cl)cc1Cl)C1CCCCC1. The first-order valence-corrected chi connectivity index (χ1v) is 7.16. The van der Waals surface area contributed by atoms with Crippen molar-refractivity contribution < 1.29 is 4.79 Å². The van der Waals surface area contributed by atoms with Gasteiger partial charge in [0, 0.05) is 10.9 Å². The fourth-order valence-corrected chi connectivity index (χ4v) is 3.16.